The van der Waals surface area contributed by atoms with E-state index in [1.807, 2.05) is 12.1 Å². The Kier molecular flexibility index (Phi) is 5.65. The fourth-order valence-electron chi connectivity index (χ4n) is 6.97. The van der Waals surface area contributed by atoms with E-state index in [4.69, 9.17) is 4.42 Å². The molecule has 0 spiro atoms. The Bertz CT molecular complexity index is 1800. The van der Waals surface area contributed by atoms with E-state index in [1.54, 1.807) is 0 Å². The van der Waals surface area contributed by atoms with Crippen LogP contribution in [0.1, 0.15) is 80.0 Å². The van der Waals surface area contributed by atoms with E-state index in [2.05, 4.69) is 105 Å². The summed E-state index contributed by atoms with van der Waals surface area (Å²) in [6.45, 7) is 9.18. The highest BCUT2D eigenvalue weighted by molar-refractivity contribution is 6.06. The van der Waals surface area contributed by atoms with Gasteiger partial charge in [0.2, 0.25) is 0 Å². The van der Waals surface area contributed by atoms with Crippen molar-refractivity contribution in [2.24, 2.45) is 0 Å². The van der Waals surface area contributed by atoms with Crippen LogP contribution in [0, 0.1) is 11.3 Å². The maximum atomic E-state index is 9.49. The molecule has 0 N–H and O–H groups in total. The Morgan fingerprint density at radius 1 is 0.850 bits per heavy atom. The third kappa shape index (κ3) is 3.63. The number of hydrogen-bond donors (Lipinski definition) is 0. The molecule has 1 aromatic heterocycles. The monoisotopic (exact) mass is 522 g/mol. The van der Waals surface area contributed by atoms with Crippen LogP contribution in [0.5, 0.6) is 0 Å². The van der Waals surface area contributed by atoms with E-state index in [0.29, 0.717) is 11.5 Å². The molecule has 1 heterocycles. The van der Waals surface area contributed by atoms with Gasteiger partial charge < -0.3 is 9.32 Å². The molecular formula is C37H34N2O. The fraction of sp³-hybridized carbons (Fsp3) is 0.270. The Morgan fingerprint density at radius 2 is 1.52 bits per heavy atom. The number of aryl methyl sites for hydroxylation is 2. The predicted molar refractivity (Wildman–Crippen MR) is 164 cm³/mol. The van der Waals surface area contributed by atoms with E-state index < -0.39 is 0 Å². The lowest BCUT2D eigenvalue weighted by atomic mass is 9.79. The van der Waals surface area contributed by atoms with Gasteiger partial charge in [0.05, 0.1) is 17.3 Å². The van der Waals surface area contributed by atoms with Crippen LogP contribution in [0.2, 0.25) is 0 Å². The summed E-state index contributed by atoms with van der Waals surface area (Å²) in [4.78, 5) is 2.32. The second-order valence-electron chi connectivity index (χ2n) is 12.1. The fourth-order valence-corrected chi connectivity index (χ4v) is 6.97. The van der Waals surface area contributed by atoms with Crippen molar-refractivity contribution < 1.29 is 4.42 Å². The average molecular weight is 523 g/mol. The maximum absolute atomic E-state index is 9.49. The molecule has 7 rings (SSSR count). The lowest BCUT2D eigenvalue weighted by Gasteiger charge is -2.28. The van der Waals surface area contributed by atoms with Crippen LogP contribution in [-0.2, 0) is 18.3 Å². The summed E-state index contributed by atoms with van der Waals surface area (Å²) in [6.07, 6.45) is 4.42. The highest BCUT2D eigenvalue weighted by atomic mass is 16.3. The van der Waals surface area contributed by atoms with Crippen LogP contribution in [0.4, 0.5) is 17.1 Å². The van der Waals surface area contributed by atoms with E-state index >= 15 is 0 Å². The third-order valence-corrected chi connectivity index (χ3v) is 9.03. The third-order valence-electron chi connectivity index (χ3n) is 9.03. The van der Waals surface area contributed by atoms with Crippen LogP contribution < -0.4 is 4.90 Å². The molecule has 3 nitrogen and oxygen atoms in total. The standard InChI is InChI=1S/C37H34N2O/c1-23(2)25-15-19-27(20-16-25)39(26-17-13-24(22-38)14-18-26)32-21-30-28-9-5-7-11-31(28)37(3,4)35(30)34-29-10-6-8-12-33(29)40-36(32)34/h5,7,9,11,13-21,23H,6,8,10,12H2,1-4H3. The summed E-state index contributed by atoms with van der Waals surface area (Å²) in [5.74, 6) is 1.61. The molecule has 0 atom stereocenters. The SMILES string of the molecule is CC(C)c1ccc(N(c2ccc(C#N)cc2)c2cc3c(c4c5c(oc24)CCCC5)C(C)(C)c2ccccc2-3)cc1. The lowest BCUT2D eigenvalue weighted by Crippen LogP contribution is -2.17. The van der Waals surface area contributed by atoms with Crippen molar-refractivity contribution in [2.45, 2.75) is 64.7 Å². The second kappa shape index (κ2) is 9.14. The van der Waals surface area contributed by atoms with Crippen molar-refractivity contribution in [3.63, 3.8) is 0 Å². The Balaban J connectivity index is 1.56. The van der Waals surface area contributed by atoms with Gasteiger partial charge in [-0.25, -0.2) is 0 Å². The molecule has 0 bridgehead atoms. The number of hydrogen-bond acceptors (Lipinski definition) is 3. The zero-order chi connectivity index (χ0) is 27.6. The van der Waals surface area contributed by atoms with Gasteiger partial charge in [-0.3, -0.25) is 0 Å². The first kappa shape index (κ1) is 24.7. The summed E-state index contributed by atoms with van der Waals surface area (Å²) >= 11 is 0. The van der Waals surface area contributed by atoms with Crippen molar-refractivity contribution in [1.29, 1.82) is 5.26 Å². The Morgan fingerprint density at radius 3 is 2.23 bits per heavy atom. The number of rotatable bonds is 4. The second-order valence-corrected chi connectivity index (χ2v) is 12.1. The van der Waals surface area contributed by atoms with Crippen LogP contribution >= 0.6 is 0 Å². The van der Waals surface area contributed by atoms with Gasteiger partial charge in [0.1, 0.15) is 5.76 Å². The van der Waals surface area contributed by atoms with Crippen molar-refractivity contribution in [3.8, 4) is 17.2 Å². The molecular weight excluding hydrogens is 488 g/mol. The molecule has 0 radical (unpaired) electrons. The van der Waals surface area contributed by atoms with Crippen molar-refractivity contribution in [2.75, 3.05) is 4.90 Å². The molecule has 5 aromatic rings. The predicted octanol–water partition coefficient (Wildman–Crippen LogP) is 10.1. The quantitative estimate of drug-likeness (QED) is 0.236. The minimum Gasteiger partial charge on any atom is -0.459 e. The van der Waals surface area contributed by atoms with Gasteiger partial charge in [-0.15, -0.1) is 0 Å². The van der Waals surface area contributed by atoms with Gasteiger partial charge in [-0.2, -0.15) is 5.26 Å². The van der Waals surface area contributed by atoms with Crippen LogP contribution in [-0.4, -0.2) is 0 Å². The first-order valence-corrected chi connectivity index (χ1v) is 14.5. The van der Waals surface area contributed by atoms with Crippen molar-refractivity contribution in [3.05, 3.63) is 112 Å². The van der Waals surface area contributed by atoms with Crippen LogP contribution in [0.25, 0.3) is 22.1 Å². The van der Waals surface area contributed by atoms with Gasteiger partial charge in [-0.05, 0) is 95.5 Å². The molecule has 2 aliphatic rings. The smallest absolute Gasteiger partial charge is 0.158 e. The van der Waals surface area contributed by atoms with Gasteiger partial charge in [0.15, 0.2) is 5.58 Å². The minimum absolute atomic E-state index is 0.115. The van der Waals surface area contributed by atoms with Crippen LogP contribution in [0.15, 0.2) is 83.3 Å². The van der Waals surface area contributed by atoms with Gasteiger partial charge in [-0.1, -0.05) is 64.1 Å². The van der Waals surface area contributed by atoms with Gasteiger partial charge in [0, 0.05) is 34.2 Å². The van der Waals surface area contributed by atoms with E-state index in [1.165, 1.54) is 51.6 Å². The number of benzene rings is 4. The van der Waals surface area contributed by atoms with Gasteiger partial charge >= 0.3 is 0 Å². The molecule has 0 saturated heterocycles. The molecule has 0 unspecified atom stereocenters. The molecule has 0 aliphatic heterocycles. The molecule has 3 heteroatoms. The zero-order valence-corrected chi connectivity index (χ0v) is 23.7. The molecule has 0 saturated carbocycles. The lowest BCUT2D eigenvalue weighted by molar-refractivity contribution is 0.506. The minimum atomic E-state index is -0.115. The van der Waals surface area contributed by atoms with E-state index in [9.17, 15) is 5.26 Å². The molecule has 0 fully saturated rings. The largest absolute Gasteiger partial charge is 0.459 e. The van der Waals surface area contributed by atoms with E-state index in [-0.39, 0.29) is 5.41 Å². The Labute approximate surface area is 236 Å². The maximum Gasteiger partial charge on any atom is 0.158 e. The summed E-state index contributed by atoms with van der Waals surface area (Å²) in [5, 5.41) is 10.8. The highest BCUT2D eigenvalue weighted by Gasteiger charge is 2.40. The molecule has 198 valence electrons. The Hall–Kier alpha value is -4.29. The summed E-state index contributed by atoms with van der Waals surface area (Å²) in [7, 11) is 0. The number of fused-ring (bicyclic) bond motifs is 7. The summed E-state index contributed by atoms with van der Waals surface area (Å²) in [6, 6.07) is 30.3. The summed E-state index contributed by atoms with van der Waals surface area (Å²) < 4.78 is 6.88. The zero-order valence-electron chi connectivity index (χ0n) is 23.7. The van der Waals surface area contributed by atoms with Crippen molar-refractivity contribution >= 4 is 28.0 Å². The number of anilines is 3. The highest BCUT2D eigenvalue weighted by Crippen LogP contribution is 2.56. The number of nitriles is 1. The average Bonchev–Trinajstić information content (AvgIpc) is 3.47. The topological polar surface area (TPSA) is 40.2 Å². The van der Waals surface area contributed by atoms with Crippen molar-refractivity contribution in [1.82, 2.24) is 0 Å². The first-order valence-electron chi connectivity index (χ1n) is 14.5. The first-order chi connectivity index (χ1) is 19.4. The van der Waals surface area contributed by atoms with E-state index in [0.717, 1.165) is 41.2 Å². The summed E-state index contributed by atoms with van der Waals surface area (Å²) in [5.41, 5.74) is 12.8. The number of furan rings is 1. The molecule has 2 aliphatic carbocycles. The molecule has 4 aromatic carbocycles. The molecule has 40 heavy (non-hydrogen) atoms. The normalized spacial score (nSPS) is 15.0. The molecule has 0 amide bonds. The van der Waals surface area contributed by atoms with Gasteiger partial charge in [0.25, 0.3) is 0 Å². The number of nitrogens with zero attached hydrogens (tertiary/aromatic N) is 2. The van der Waals surface area contributed by atoms with Crippen LogP contribution in [0.3, 0.4) is 0 Å².